The third-order valence-electron chi connectivity index (χ3n) is 4.73. The molecule has 0 fully saturated rings. The van der Waals surface area contributed by atoms with Crippen molar-refractivity contribution in [3.8, 4) is 0 Å². The summed E-state index contributed by atoms with van der Waals surface area (Å²) in [5.41, 5.74) is 3.90. The van der Waals surface area contributed by atoms with E-state index in [4.69, 9.17) is 0 Å². The average Bonchev–Trinajstić information content (AvgIpc) is 2.92. The zero-order chi connectivity index (χ0) is 18.1. The summed E-state index contributed by atoms with van der Waals surface area (Å²) in [6.07, 6.45) is -0.332. The standard InChI is InChI=1S/C22H19FN2O/c1-15-11-12-17(13-20(15)23)24-21-18-9-5-6-10-19(18)22(26)25(21)14-16-7-3-2-4-8-16/h2-13,21,24H,14H2,1H3/t21-/m1/s1. The van der Waals surface area contributed by atoms with Gasteiger partial charge in [-0.25, -0.2) is 4.39 Å². The number of nitrogens with one attached hydrogen (secondary N) is 1. The maximum absolute atomic E-state index is 13.9. The minimum atomic E-state index is -0.332. The summed E-state index contributed by atoms with van der Waals surface area (Å²) in [6, 6.07) is 22.5. The predicted molar refractivity (Wildman–Crippen MR) is 100 cm³/mol. The molecule has 1 amide bonds. The van der Waals surface area contributed by atoms with Crippen LogP contribution in [-0.2, 0) is 6.54 Å². The van der Waals surface area contributed by atoms with Crippen LogP contribution in [0.25, 0.3) is 0 Å². The Morgan fingerprint density at radius 3 is 2.50 bits per heavy atom. The number of anilines is 1. The molecule has 1 aliphatic heterocycles. The predicted octanol–water partition coefficient (Wildman–Crippen LogP) is 4.90. The molecule has 26 heavy (non-hydrogen) atoms. The number of carbonyl (C=O) groups excluding carboxylic acids is 1. The third-order valence-corrected chi connectivity index (χ3v) is 4.73. The molecule has 4 heteroatoms. The van der Waals surface area contributed by atoms with E-state index >= 15 is 0 Å². The first-order valence-electron chi connectivity index (χ1n) is 8.60. The number of carbonyl (C=O) groups is 1. The number of hydrogen-bond acceptors (Lipinski definition) is 2. The number of fused-ring (bicyclic) bond motifs is 1. The van der Waals surface area contributed by atoms with Crippen molar-refractivity contribution in [1.29, 1.82) is 0 Å². The van der Waals surface area contributed by atoms with Crippen molar-refractivity contribution in [1.82, 2.24) is 4.90 Å². The van der Waals surface area contributed by atoms with Crippen LogP contribution in [0, 0.1) is 12.7 Å². The van der Waals surface area contributed by atoms with E-state index < -0.39 is 0 Å². The number of nitrogens with zero attached hydrogens (tertiary/aromatic N) is 1. The first-order chi connectivity index (χ1) is 12.6. The van der Waals surface area contributed by atoms with Crippen molar-refractivity contribution in [3.63, 3.8) is 0 Å². The van der Waals surface area contributed by atoms with Gasteiger partial charge in [-0.05, 0) is 36.2 Å². The number of rotatable bonds is 4. The molecule has 0 unspecified atom stereocenters. The Hall–Kier alpha value is -3.14. The van der Waals surface area contributed by atoms with Gasteiger partial charge >= 0.3 is 0 Å². The van der Waals surface area contributed by atoms with E-state index in [1.54, 1.807) is 17.9 Å². The van der Waals surface area contributed by atoms with Crippen LogP contribution in [0.3, 0.4) is 0 Å². The van der Waals surface area contributed by atoms with Crippen molar-refractivity contribution < 1.29 is 9.18 Å². The maximum atomic E-state index is 13.9. The van der Waals surface area contributed by atoms with Gasteiger partial charge in [0, 0.05) is 23.4 Å². The number of benzene rings is 3. The zero-order valence-corrected chi connectivity index (χ0v) is 14.4. The molecule has 0 saturated carbocycles. The molecule has 0 bridgehead atoms. The number of halogens is 1. The second-order valence-electron chi connectivity index (χ2n) is 6.52. The van der Waals surface area contributed by atoms with Crippen LogP contribution in [0.4, 0.5) is 10.1 Å². The molecule has 0 radical (unpaired) electrons. The van der Waals surface area contributed by atoms with Gasteiger partial charge in [-0.1, -0.05) is 54.6 Å². The molecule has 1 atom stereocenters. The summed E-state index contributed by atoms with van der Waals surface area (Å²) in [6.45, 7) is 2.22. The highest BCUT2D eigenvalue weighted by Crippen LogP contribution is 2.35. The molecule has 130 valence electrons. The molecule has 1 N–H and O–H groups in total. The fraction of sp³-hybridized carbons (Fsp3) is 0.136. The molecule has 0 aliphatic carbocycles. The lowest BCUT2D eigenvalue weighted by molar-refractivity contribution is 0.0729. The van der Waals surface area contributed by atoms with E-state index in [2.05, 4.69) is 5.32 Å². The molecule has 3 aromatic rings. The smallest absolute Gasteiger partial charge is 0.256 e. The highest BCUT2D eigenvalue weighted by Gasteiger charge is 2.36. The minimum absolute atomic E-state index is 0.0189. The summed E-state index contributed by atoms with van der Waals surface area (Å²) >= 11 is 0. The fourth-order valence-electron chi connectivity index (χ4n) is 3.31. The molecule has 3 aromatic carbocycles. The normalized spacial score (nSPS) is 15.8. The Morgan fingerprint density at radius 1 is 1.00 bits per heavy atom. The lowest BCUT2D eigenvalue weighted by Crippen LogP contribution is -2.31. The quantitative estimate of drug-likeness (QED) is 0.729. The van der Waals surface area contributed by atoms with Crippen molar-refractivity contribution in [3.05, 3.63) is 101 Å². The molecule has 1 aliphatic rings. The number of hydrogen-bond donors (Lipinski definition) is 1. The highest BCUT2D eigenvalue weighted by molar-refractivity contribution is 5.99. The van der Waals surface area contributed by atoms with Gasteiger partial charge in [0.05, 0.1) is 0 Å². The van der Waals surface area contributed by atoms with E-state index in [9.17, 15) is 9.18 Å². The van der Waals surface area contributed by atoms with Gasteiger partial charge in [0.1, 0.15) is 12.0 Å². The molecule has 4 rings (SSSR count). The fourth-order valence-corrected chi connectivity index (χ4v) is 3.31. The monoisotopic (exact) mass is 346 g/mol. The highest BCUT2D eigenvalue weighted by atomic mass is 19.1. The zero-order valence-electron chi connectivity index (χ0n) is 14.4. The van der Waals surface area contributed by atoms with Crippen LogP contribution in [0.2, 0.25) is 0 Å². The Bertz CT molecular complexity index is 955. The van der Waals surface area contributed by atoms with E-state index in [0.29, 0.717) is 23.4 Å². The van der Waals surface area contributed by atoms with E-state index in [-0.39, 0.29) is 17.9 Å². The summed E-state index contributed by atoms with van der Waals surface area (Å²) in [5, 5.41) is 3.33. The maximum Gasteiger partial charge on any atom is 0.256 e. The largest absolute Gasteiger partial charge is 0.361 e. The molecular formula is C22H19FN2O. The number of amides is 1. The average molecular weight is 346 g/mol. The summed E-state index contributed by atoms with van der Waals surface area (Å²) in [7, 11) is 0. The van der Waals surface area contributed by atoms with Crippen molar-refractivity contribution in [2.75, 3.05) is 5.32 Å². The van der Waals surface area contributed by atoms with Crippen LogP contribution in [0.15, 0.2) is 72.8 Å². The molecular weight excluding hydrogens is 327 g/mol. The second kappa shape index (κ2) is 6.64. The van der Waals surface area contributed by atoms with Crippen LogP contribution in [0.5, 0.6) is 0 Å². The number of aryl methyl sites for hydroxylation is 1. The van der Waals surface area contributed by atoms with Crippen LogP contribution in [0.1, 0.15) is 33.2 Å². The Morgan fingerprint density at radius 2 is 1.73 bits per heavy atom. The van der Waals surface area contributed by atoms with Crippen LogP contribution < -0.4 is 5.32 Å². The van der Waals surface area contributed by atoms with Gasteiger partial charge in [0.2, 0.25) is 0 Å². The molecule has 0 aromatic heterocycles. The summed E-state index contributed by atoms with van der Waals surface area (Å²) < 4.78 is 13.9. The molecule has 1 heterocycles. The van der Waals surface area contributed by atoms with Crippen LogP contribution in [-0.4, -0.2) is 10.8 Å². The van der Waals surface area contributed by atoms with Gasteiger partial charge in [0.25, 0.3) is 5.91 Å². The summed E-state index contributed by atoms with van der Waals surface area (Å²) in [4.78, 5) is 14.7. The lowest BCUT2D eigenvalue weighted by Gasteiger charge is -2.27. The lowest BCUT2D eigenvalue weighted by atomic mass is 10.1. The van der Waals surface area contributed by atoms with Gasteiger partial charge in [0.15, 0.2) is 0 Å². The van der Waals surface area contributed by atoms with Crippen molar-refractivity contribution in [2.24, 2.45) is 0 Å². The third kappa shape index (κ3) is 2.94. The first kappa shape index (κ1) is 16.3. The Labute approximate surface area is 152 Å². The van der Waals surface area contributed by atoms with E-state index in [0.717, 1.165) is 11.1 Å². The Kier molecular flexibility index (Phi) is 4.17. The van der Waals surface area contributed by atoms with Crippen molar-refractivity contribution >= 4 is 11.6 Å². The van der Waals surface area contributed by atoms with Gasteiger partial charge in [-0.3, -0.25) is 4.79 Å². The topological polar surface area (TPSA) is 32.3 Å². The van der Waals surface area contributed by atoms with Crippen molar-refractivity contribution in [2.45, 2.75) is 19.6 Å². The summed E-state index contributed by atoms with van der Waals surface area (Å²) in [5.74, 6) is -0.281. The second-order valence-corrected chi connectivity index (χ2v) is 6.52. The van der Waals surface area contributed by atoms with E-state index in [1.807, 2.05) is 60.7 Å². The SMILES string of the molecule is Cc1ccc(N[C@H]2c3ccccc3C(=O)N2Cc2ccccc2)cc1F. The van der Waals surface area contributed by atoms with Gasteiger partial charge in [-0.2, -0.15) is 0 Å². The van der Waals surface area contributed by atoms with Crippen LogP contribution >= 0.6 is 0 Å². The van der Waals surface area contributed by atoms with Gasteiger partial charge < -0.3 is 10.2 Å². The first-order valence-corrected chi connectivity index (χ1v) is 8.60. The van der Waals surface area contributed by atoms with Gasteiger partial charge in [-0.15, -0.1) is 0 Å². The molecule has 0 saturated heterocycles. The Balaban J connectivity index is 1.69. The molecule has 3 nitrogen and oxygen atoms in total. The van der Waals surface area contributed by atoms with E-state index in [1.165, 1.54) is 6.07 Å². The molecule has 0 spiro atoms. The minimum Gasteiger partial charge on any atom is -0.361 e.